The molecule has 1 aromatic heterocycles. The summed E-state index contributed by atoms with van der Waals surface area (Å²) in [5.41, 5.74) is 10.2. The third-order valence-electron chi connectivity index (χ3n) is 5.94. The molecule has 1 aliphatic heterocycles. The van der Waals surface area contributed by atoms with E-state index in [-0.39, 0.29) is 5.91 Å². The molecule has 4 rings (SSSR count). The molecule has 2 heterocycles. The maximum absolute atomic E-state index is 12.6. The minimum Gasteiger partial charge on any atom is -0.369 e. The fraction of sp³-hybridized carbons (Fsp3) is 0.280. The zero-order valence-corrected chi connectivity index (χ0v) is 16.6. The largest absolute Gasteiger partial charge is 0.369 e. The molecule has 0 spiro atoms. The van der Waals surface area contributed by atoms with Gasteiger partial charge in [0.15, 0.2) is 0 Å². The number of pyridine rings is 1. The summed E-state index contributed by atoms with van der Waals surface area (Å²) in [6, 6.07) is 22.9. The third kappa shape index (κ3) is 4.54. The van der Waals surface area contributed by atoms with Crippen molar-refractivity contribution in [3.63, 3.8) is 0 Å². The molecule has 1 atom stereocenters. The Morgan fingerprint density at radius 3 is 2.31 bits per heavy atom. The van der Waals surface area contributed by atoms with E-state index in [9.17, 15) is 4.79 Å². The molecule has 1 saturated heterocycles. The van der Waals surface area contributed by atoms with Crippen LogP contribution in [0.3, 0.4) is 0 Å². The van der Waals surface area contributed by atoms with Gasteiger partial charge in [0, 0.05) is 25.5 Å². The molecule has 148 valence electrons. The molecule has 1 unspecified atom stereocenters. The number of benzene rings is 2. The van der Waals surface area contributed by atoms with Crippen molar-refractivity contribution in [2.75, 3.05) is 13.1 Å². The molecular weight excluding hydrogens is 358 g/mol. The minimum absolute atomic E-state index is 0.191. The Bertz CT molecular complexity index is 941. The van der Waals surface area contributed by atoms with Gasteiger partial charge in [-0.25, -0.2) is 0 Å². The lowest BCUT2D eigenvalue weighted by Gasteiger charge is -2.41. The van der Waals surface area contributed by atoms with Gasteiger partial charge >= 0.3 is 0 Å². The van der Waals surface area contributed by atoms with E-state index in [0.717, 1.165) is 31.5 Å². The first-order valence-corrected chi connectivity index (χ1v) is 10.2. The summed E-state index contributed by atoms with van der Waals surface area (Å²) in [5.74, 6) is -0.191. The lowest BCUT2D eigenvalue weighted by Crippen LogP contribution is -2.51. The maximum Gasteiger partial charge on any atom is 0.225 e. The first-order valence-electron chi connectivity index (χ1n) is 10.2. The number of piperidine rings is 1. The van der Waals surface area contributed by atoms with Crippen molar-refractivity contribution < 1.29 is 4.79 Å². The number of amides is 1. The van der Waals surface area contributed by atoms with E-state index in [1.165, 1.54) is 16.7 Å². The Kier molecular flexibility index (Phi) is 5.72. The standard InChI is InChI=1S/C25H27N3O/c26-24(29)25(13-4-16-28(19-25)18-21-11-14-27-15-12-21)17-20-7-9-23(10-8-20)22-5-2-1-3-6-22/h1-3,5-12,14-15H,4,13,16-19H2,(H2,26,29). The van der Waals surface area contributed by atoms with E-state index < -0.39 is 5.41 Å². The number of nitrogens with zero attached hydrogens (tertiary/aromatic N) is 2. The van der Waals surface area contributed by atoms with Crippen LogP contribution in [0.15, 0.2) is 79.1 Å². The molecule has 4 heteroatoms. The van der Waals surface area contributed by atoms with E-state index in [1.807, 2.05) is 42.7 Å². The number of rotatable bonds is 6. The molecule has 2 aromatic carbocycles. The second kappa shape index (κ2) is 8.58. The number of hydrogen-bond donors (Lipinski definition) is 1. The van der Waals surface area contributed by atoms with Crippen molar-refractivity contribution in [2.45, 2.75) is 25.8 Å². The zero-order chi connectivity index (χ0) is 20.1. The van der Waals surface area contributed by atoms with Crippen molar-refractivity contribution in [3.05, 3.63) is 90.3 Å². The Hall–Kier alpha value is -2.98. The van der Waals surface area contributed by atoms with Crippen LogP contribution >= 0.6 is 0 Å². The molecule has 1 aliphatic rings. The average Bonchev–Trinajstić information content (AvgIpc) is 2.76. The summed E-state index contributed by atoms with van der Waals surface area (Å²) in [4.78, 5) is 19.0. The first kappa shape index (κ1) is 19.3. The number of hydrogen-bond acceptors (Lipinski definition) is 3. The van der Waals surface area contributed by atoms with Gasteiger partial charge in [0.05, 0.1) is 5.41 Å². The Labute approximate surface area is 172 Å². The molecule has 29 heavy (non-hydrogen) atoms. The normalized spacial score (nSPS) is 19.7. The highest BCUT2D eigenvalue weighted by molar-refractivity contribution is 5.81. The van der Waals surface area contributed by atoms with Crippen LogP contribution in [0.1, 0.15) is 24.0 Å². The smallest absolute Gasteiger partial charge is 0.225 e. The number of likely N-dealkylation sites (tertiary alicyclic amines) is 1. The lowest BCUT2D eigenvalue weighted by atomic mass is 9.74. The van der Waals surface area contributed by atoms with Crippen molar-refractivity contribution in [3.8, 4) is 11.1 Å². The summed E-state index contributed by atoms with van der Waals surface area (Å²) in [6.07, 6.45) is 6.14. The van der Waals surface area contributed by atoms with Crippen LogP contribution in [0, 0.1) is 5.41 Å². The van der Waals surface area contributed by atoms with Crippen molar-refractivity contribution in [1.29, 1.82) is 0 Å². The SMILES string of the molecule is NC(=O)C1(Cc2ccc(-c3ccccc3)cc2)CCCN(Cc2ccncc2)C1. The molecule has 0 bridgehead atoms. The minimum atomic E-state index is -0.514. The summed E-state index contributed by atoms with van der Waals surface area (Å²) in [5, 5.41) is 0. The van der Waals surface area contributed by atoms with Crippen molar-refractivity contribution in [2.24, 2.45) is 11.1 Å². The van der Waals surface area contributed by atoms with E-state index in [0.29, 0.717) is 13.0 Å². The quantitative estimate of drug-likeness (QED) is 0.696. The van der Waals surface area contributed by atoms with Gasteiger partial charge in [0.25, 0.3) is 0 Å². The van der Waals surface area contributed by atoms with Crippen LogP contribution in [0.2, 0.25) is 0 Å². The Balaban J connectivity index is 1.50. The van der Waals surface area contributed by atoms with Crippen LogP contribution in [0.25, 0.3) is 11.1 Å². The van der Waals surface area contributed by atoms with Crippen LogP contribution in [0.5, 0.6) is 0 Å². The molecule has 0 saturated carbocycles. The van der Waals surface area contributed by atoms with Crippen LogP contribution in [-0.4, -0.2) is 28.9 Å². The lowest BCUT2D eigenvalue weighted by molar-refractivity contribution is -0.131. The predicted molar refractivity (Wildman–Crippen MR) is 116 cm³/mol. The van der Waals surface area contributed by atoms with Gasteiger partial charge in [0.2, 0.25) is 5.91 Å². The number of carbonyl (C=O) groups is 1. The van der Waals surface area contributed by atoms with Gasteiger partial charge in [-0.2, -0.15) is 0 Å². The van der Waals surface area contributed by atoms with Crippen molar-refractivity contribution >= 4 is 5.91 Å². The fourth-order valence-corrected chi connectivity index (χ4v) is 4.38. The maximum atomic E-state index is 12.6. The second-order valence-corrected chi connectivity index (χ2v) is 8.05. The molecule has 3 aromatic rings. The summed E-state index contributed by atoms with van der Waals surface area (Å²) < 4.78 is 0. The van der Waals surface area contributed by atoms with Crippen molar-refractivity contribution in [1.82, 2.24) is 9.88 Å². The molecule has 0 radical (unpaired) electrons. The van der Waals surface area contributed by atoms with Gasteiger partial charge in [-0.05, 0) is 60.2 Å². The third-order valence-corrected chi connectivity index (χ3v) is 5.94. The van der Waals surface area contributed by atoms with Crippen LogP contribution in [0.4, 0.5) is 0 Å². The monoisotopic (exact) mass is 385 g/mol. The van der Waals surface area contributed by atoms with E-state index in [1.54, 1.807) is 0 Å². The average molecular weight is 386 g/mol. The van der Waals surface area contributed by atoms with Gasteiger partial charge < -0.3 is 5.73 Å². The highest BCUT2D eigenvalue weighted by atomic mass is 16.1. The van der Waals surface area contributed by atoms with Crippen LogP contribution < -0.4 is 5.73 Å². The molecule has 0 aliphatic carbocycles. The molecule has 2 N–H and O–H groups in total. The van der Waals surface area contributed by atoms with E-state index >= 15 is 0 Å². The van der Waals surface area contributed by atoms with Gasteiger partial charge in [0.1, 0.15) is 0 Å². The topological polar surface area (TPSA) is 59.2 Å². The highest BCUT2D eigenvalue weighted by Crippen LogP contribution is 2.34. The molecule has 1 fully saturated rings. The number of nitrogens with two attached hydrogens (primary N) is 1. The number of aromatic nitrogens is 1. The van der Waals surface area contributed by atoms with Gasteiger partial charge in [-0.15, -0.1) is 0 Å². The van der Waals surface area contributed by atoms with E-state index in [4.69, 9.17) is 5.73 Å². The zero-order valence-electron chi connectivity index (χ0n) is 16.6. The van der Waals surface area contributed by atoms with E-state index in [2.05, 4.69) is 46.3 Å². The van der Waals surface area contributed by atoms with Crippen LogP contribution in [-0.2, 0) is 17.8 Å². The number of carbonyl (C=O) groups excluding carboxylic acids is 1. The summed E-state index contributed by atoms with van der Waals surface area (Å²) >= 11 is 0. The summed E-state index contributed by atoms with van der Waals surface area (Å²) in [6.45, 7) is 2.51. The highest BCUT2D eigenvalue weighted by Gasteiger charge is 2.40. The Morgan fingerprint density at radius 2 is 1.62 bits per heavy atom. The molecule has 1 amide bonds. The first-order chi connectivity index (χ1) is 14.1. The Morgan fingerprint density at radius 1 is 0.931 bits per heavy atom. The molecule has 4 nitrogen and oxygen atoms in total. The van der Waals surface area contributed by atoms with Gasteiger partial charge in [-0.1, -0.05) is 54.6 Å². The fourth-order valence-electron chi connectivity index (χ4n) is 4.38. The summed E-state index contributed by atoms with van der Waals surface area (Å²) in [7, 11) is 0. The molecular formula is C25H27N3O. The van der Waals surface area contributed by atoms with Gasteiger partial charge in [-0.3, -0.25) is 14.7 Å². The predicted octanol–water partition coefficient (Wildman–Crippen LogP) is 4.06. The second-order valence-electron chi connectivity index (χ2n) is 8.05. The number of primary amides is 1.